The number of carboxylic acid groups (broad SMARTS) is 1. The van der Waals surface area contributed by atoms with Crippen LogP contribution in [0.1, 0.15) is 21.6 Å². The number of nitrogens with zero attached hydrogens (tertiary/aromatic N) is 2. The number of carboxylic acids is 1. The van der Waals surface area contributed by atoms with Gasteiger partial charge in [-0.25, -0.2) is 4.79 Å². The van der Waals surface area contributed by atoms with Crippen molar-refractivity contribution in [1.29, 1.82) is 5.26 Å². The molecule has 0 amide bonds. The monoisotopic (exact) mass is 240 g/mol. The van der Waals surface area contributed by atoms with E-state index in [1.165, 1.54) is 6.07 Å². The Bertz CT molecular complexity index is 594. The van der Waals surface area contributed by atoms with E-state index in [4.69, 9.17) is 10.4 Å². The van der Waals surface area contributed by atoms with Crippen molar-refractivity contribution in [3.05, 3.63) is 59.4 Å². The lowest BCUT2D eigenvalue weighted by atomic mass is 10.1. The maximum Gasteiger partial charge on any atom is 0.352 e. The van der Waals surface area contributed by atoms with E-state index in [9.17, 15) is 4.79 Å². The van der Waals surface area contributed by atoms with Crippen LogP contribution in [0.4, 0.5) is 0 Å². The van der Waals surface area contributed by atoms with E-state index in [0.717, 1.165) is 12.0 Å². The van der Waals surface area contributed by atoms with Gasteiger partial charge in [-0.05, 0) is 18.1 Å². The van der Waals surface area contributed by atoms with E-state index in [1.807, 2.05) is 36.4 Å². The second kappa shape index (κ2) is 5.19. The number of nitriles is 1. The van der Waals surface area contributed by atoms with Crippen LogP contribution in [0.2, 0.25) is 0 Å². The molecule has 2 rings (SSSR count). The third-order valence-electron chi connectivity index (χ3n) is 2.73. The number of aromatic nitrogens is 1. The molecule has 0 spiro atoms. The number of carbonyl (C=O) groups is 1. The van der Waals surface area contributed by atoms with Gasteiger partial charge in [0, 0.05) is 12.7 Å². The Hall–Kier alpha value is -2.54. The van der Waals surface area contributed by atoms with Crippen LogP contribution in [0.3, 0.4) is 0 Å². The quantitative estimate of drug-likeness (QED) is 0.891. The molecule has 4 heteroatoms. The molecule has 1 aromatic carbocycles. The fourth-order valence-electron chi connectivity index (χ4n) is 1.83. The number of hydrogen-bond acceptors (Lipinski definition) is 2. The Balaban J connectivity index is 2.16. The Morgan fingerprint density at radius 1 is 1.33 bits per heavy atom. The molecule has 18 heavy (non-hydrogen) atoms. The van der Waals surface area contributed by atoms with Crippen molar-refractivity contribution in [1.82, 2.24) is 4.57 Å². The summed E-state index contributed by atoms with van der Waals surface area (Å²) in [6.07, 6.45) is 2.31. The van der Waals surface area contributed by atoms with Crippen molar-refractivity contribution in [2.24, 2.45) is 0 Å². The summed E-state index contributed by atoms with van der Waals surface area (Å²) in [5.41, 5.74) is 1.67. The zero-order valence-electron chi connectivity index (χ0n) is 9.71. The highest BCUT2D eigenvalue weighted by atomic mass is 16.4. The first-order valence-corrected chi connectivity index (χ1v) is 5.58. The average Bonchev–Trinajstić information content (AvgIpc) is 2.81. The van der Waals surface area contributed by atoms with Gasteiger partial charge in [-0.2, -0.15) is 5.26 Å². The lowest BCUT2D eigenvalue weighted by Crippen LogP contribution is -2.09. The van der Waals surface area contributed by atoms with Crippen LogP contribution in [0.5, 0.6) is 0 Å². The third-order valence-corrected chi connectivity index (χ3v) is 2.73. The summed E-state index contributed by atoms with van der Waals surface area (Å²) in [5, 5.41) is 17.8. The highest BCUT2D eigenvalue weighted by Gasteiger charge is 2.12. The molecule has 90 valence electrons. The number of rotatable bonds is 4. The van der Waals surface area contributed by atoms with Crippen LogP contribution in [0, 0.1) is 11.3 Å². The molecule has 0 atom stereocenters. The molecule has 0 radical (unpaired) electrons. The predicted octanol–water partition coefficient (Wildman–Crippen LogP) is 2.30. The molecule has 0 aliphatic rings. The smallest absolute Gasteiger partial charge is 0.352 e. The summed E-state index contributed by atoms with van der Waals surface area (Å²) in [6, 6.07) is 13.2. The summed E-state index contributed by atoms with van der Waals surface area (Å²) in [5.74, 6) is -1.01. The molecule has 0 saturated heterocycles. The van der Waals surface area contributed by atoms with E-state index in [-0.39, 0.29) is 5.69 Å². The minimum Gasteiger partial charge on any atom is -0.477 e. The fraction of sp³-hybridized carbons (Fsp3) is 0.143. The van der Waals surface area contributed by atoms with E-state index < -0.39 is 5.97 Å². The Kier molecular flexibility index (Phi) is 3.44. The standard InChI is InChI=1S/C14H12N2O2/c15-9-12-8-13(14(17)18)16(10-12)7-6-11-4-2-1-3-5-11/h1-5,8,10H,6-7H2,(H,17,18). The van der Waals surface area contributed by atoms with Crippen molar-refractivity contribution >= 4 is 5.97 Å². The van der Waals surface area contributed by atoms with Gasteiger partial charge in [0.25, 0.3) is 0 Å². The molecule has 0 saturated carbocycles. The number of hydrogen-bond donors (Lipinski definition) is 1. The Morgan fingerprint density at radius 3 is 2.67 bits per heavy atom. The molecular formula is C14H12N2O2. The first-order valence-electron chi connectivity index (χ1n) is 5.58. The van der Waals surface area contributed by atoms with Crippen LogP contribution in [0.15, 0.2) is 42.6 Å². The third kappa shape index (κ3) is 2.58. The van der Waals surface area contributed by atoms with Gasteiger partial charge in [-0.3, -0.25) is 0 Å². The molecule has 0 unspecified atom stereocenters. The predicted molar refractivity (Wildman–Crippen MR) is 66.3 cm³/mol. The molecule has 1 N–H and O–H groups in total. The number of aromatic carboxylic acids is 1. The van der Waals surface area contributed by atoms with Crippen molar-refractivity contribution in [2.75, 3.05) is 0 Å². The van der Waals surface area contributed by atoms with Crippen LogP contribution in [-0.2, 0) is 13.0 Å². The summed E-state index contributed by atoms with van der Waals surface area (Å²) in [4.78, 5) is 11.0. The molecular weight excluding hydrogens is 228 g/mol. The van der Waals surface area contributed by atoms with Gasteiger partial charge >= 0.3 is 5.97 Å². The summed E-state index contributed by atoms with van der Waals surface area (Å²) in [6.45, 7) is 0.549. The normalized spacial score (nSPS) is 9.94. The van der Waals surface area contributed by atoms with Crippen LogP contribution in [0.25, 0.3) is 0 Å². The molecule has 2 aromatic rings. The molecule has 0 aliphatic carbocycles. The molecule has 0 fully saturated rings. The fourth-order valence-corrected chi connectivity index (χ4v) is 1.83. The number of benzene rings is 1. The zero-order chi connectivity index (χ0) is 13.0. The lowest BCUT2D eigenvalue weighted by Gasteiger charge is -2.05. The maximum atomic E-state index is 11.0. The molecule has 0 bridgehead atoms. The van der Waals surface area contributed by atoms with Crippen molar-refractivity contribution in [3.63, 3.8) is 0 Å². The van der Waals surface area contributed by atoms with Gasteiger partial charge in [-0.15, -0.1) is 0 Å². The van der Waals surface area contributed by atoms with Crippen LogP contribution < -0.4 is 0 Å². The second-order valence-corrected chi connectivity index (χ2v) is 3.96. The Morgan fingerprint density at radius 2 is 2.06 bits per heavy atom. The van der Waals surface area contributed by atoms with E-state index in [0.29, 0.717) is 12.1 Å². The van der Waals surface area contributed by atoms with Gasteiger partial charge in [-0.1, -0.05) is 30.3 Å². The summed E-state index contributed by atoms with van der Waals surface area (Å²) in [7, 11) is 0. The minimum atomic E-state index is -1.01. The average molecular weight is 240 g/mol. The highest BCUT2D eigenvalue weighted by Crippen LogP contribution is 2.10. The largest absolute Gasteiger partial charge is 0.477 e. The van der Waals surface area contributed by atoms with E-state index in [2.05, 4.69) is 0 Å². The van der Waals surface area contributed by atoms with Crippen molar-refractivity contribution in [2.45, 2.75) is 13.0 Å². The van der Waals surface area contributed by atoms with E-state index >= 15 is 0 Å². The van der Waals surface area contributed by atoms with Gasteiger partial charge < -0.3 is 9.67 Å². The van der Waals surface area contributed by atoms with Crippen LogP contribution >= 0.6 is 0 Å². The first-order chi connectivity index (χ1) is 8.70. The van der Waals surface area contributed by atoms with Crippen molar-refractivity contribution in [3.8, 4) is 6.07 Å². The van der Waals surface area contributed by atoms with Crippen molar-refractivity contribution < 1.29 is 9.90 Å². The molecule has 4 nitrogen and oxygen atoms in total. The zero-order valence-corrected chi connectivity index (χ0v) is 9.71. The highest BCUT2D eigenvalue weighted by molar-refractivity contribution is 5.86. The van der Waals surface area contributed by atoms with Gasteiger partial charge in [0.2, 0.25) is 0 Å². The summed E-state index contributed by atoms with van der Waals surface area (Å²) >= 11 is 0. The second-order valence-electron chi connectivity index (χ2n) is 3.96. The van der Waals surface area contributed by atoms with Crippen LogP contribution in [-0.4, -0.2) is 15.6 Å². The Labute approximate surface area is 105 Å². The van der Waals surface area contributed by atoms with Gasteiger partial charge in [0.05, 0.1) is 5.56 Å². The van der Waals surface area contributed by atoms with Gasteiger partial charge in [0.15, 0.2) is 0 Å². The molecule has 1 heterocycles. The lowest BCUT2D eigenvalue weighted by molar-refractivity contribution is 0.0685. The van der Waals surface area contributed by atoms with Gasteiger partial charge in [0.1, 0.15) is 11.8 Å². The molecule has 0 aliphatic heterocycles. The topological polar surface area (TPSA) is 66.0 Å². The van der Waals surface area contributed by atoms with E-state index in [1.54, 1.807) is 10.8 Å². The number of aryl methyl sites for hydroxylation is 2. The summed E-state index contributed by atoms with van der Waals surface area (Å²) < 4.78 is 1.61. The first kappa shape index (κ1) is 11.9. The maximum absolute atomic E-state index is 11.0. The SMILES string of the molecule is N#Cc1cc(C(=O)O)n(CCc2ccccc2)c1. The molecule has 1 aromatic heterocycles. The minimum absolute atomic E-state index is 0.155.